The lowest BCUT2D eigenvalue weighted by Crippen LogP contribution is -2.42. The second-order valence-corrected chi connectivity index (χ2v) is 5.41. The van der Waals surface area contributed by atoms with E-state index in [4.69, 9.17) is 4.74 Å². The number of amides is 1. The molecule has 1 fully saturated rings. The molecule has 0 bridgehead atoms. The quantitative estimate of drug-likeness (QED) is 0.746. The van der Waals surface area contributed by atoms with Crippen molar-refractivity contribution in [1.82, 2.24) is 4.90 Å². The highest BCUT2D eigenvalue weighted by molar-refractivity contribution is 9.10. The van der Waals surface area contributed by atoms with Gasteiger partial charge in [-0.3, -0.25) is 4.79 Å². The molecule has 0 saturated carbocycles. The molecule has 18 heavy (non-hydrogen) atoms. The van der Waals surface area contributed by atoms with Crippen LogP contribution in [0.1, 0.15) is 18.1 Å². The Hall–Kier alpha value is -0.870. The predicted molar refractivity (Wildman–Crippen MR) is 76.7 cm³/mol. The van der Waals surface area contributed by atoms with Crippen LogP contribution in [0.2, 0.25) is 0 Å². The third kappa shape index (κ3) is 4.78. The molecule has 0 unspecified atom stereocenters. The van der Waals surface area contributed by atoms with Crippen LogP contribution in [0, 0.1) is 13.8 Å². The Balaban J connectivity index is 0.000000180. The first kappa shape index (κ1) is 15.2. The van der Waals surface area contributed by atoms with Crippen molar-refractivity contribution in [1.29, 1.82) is 0 Å². The molecule has 1 amide bonds. The maximum atomic E-state index is 10.2. The van der Waals surface area contributed by atoms with Gasteiger partial charge >= 0.3 is 0 Å². The summed E-state index contributed by atoms with van der Waals surface area (Å²) in [6.07, 6.45) is 0.882. The van der Waals surface area contributed by atoms with E-state index in [-0.39, 0.29) is 6.04 Å². The topological polar surface area (TPSA) is 29.5 Å². The number of rotatable bonds is 1. The van der Waals surface area contributed by atoms with Gasteiger partial charge in [0, 0.05) is 11.0 Å². The smallest absolute Gasteiger partial charge is 0.210 e. The van der Waals surface area contributed by atoms with Gasteiger partial charge in [-0.2, -0.15) is 0 Å². The number of halogens is 1. The molecule has 0 radical (unpaired) electrons. The first-order valence-electron chi connectivity index (χ1n) is 6.06. The first-order valence-corrected chi connectivity index (χ1v) is 6.85. The van der Waals surface area contributed by atoms with Crippen molar-refractivity contribution >= 4 is 22.3 Å². The fraction of sp³-hybridized carbons (Fsp3) is 0.500. The van der Waals surface area contributed by atoms with Gasteiger partial charge in [-0.05, 0) is 44.0 Å². The van der Waals surface area contributed by atoms with Crippen molar-refractivity contribution in [2.24, 2.45) is 0 Å². The first-order chi connectivity index (χ1) is 8.54. The Morgan fingerprint density at radius 1 is 1.39 bits per heavy atom. The summed E-state index contributed by atoms with van der Waals surface area (Å²) < 4.78 is 6.27. The number of carbonyl (C=O) groups is 1. The fourth-order valence-electron chi connectivity index (χ4n) is 1.60. The molecule has 1 aliphatic rings. The van der Waals surface area contributed by atoms with Crippen molar-refractivity contribution in [3.05, 3.63) is 33.8 Å². The van der Waals surface area contributed by atoms with E-state index in [2.05, 4.69) is 48.0 Å². The lowest BCUT2D eigenvalue weighted by Gasteiger charge is -2.29. The standard InChI is InChI=1S/C8H9Br.C6H11NO2/c1-6-3-4-8(9)5-7(6)2;1-6-4-9-3-2-7(6)5-8/h3-5H,1-2H3;5-6H,2-4H2,1H3/t;6-/m.0/s1. The summed E-state index contributed by atoms with van der Waals surface area (Å²) in [4.78, 5) is 12.0. The molecule has 1 heterocycles. The molecule has 0 aliphatic carbocycles. The van der Waals surface area contributed by atoms with E-state index < -0.39 is 0 Å². The van der Waals surface area contributed by atoms with Crippen molar-refractivity contribution in [3.8, 4) is 0 Å². The molecule has 100 valence electrons. The summed E-state index contributed by atoms with van der Waals surface area (Å²) in [5.74, 6) is 0. The Labute approximate surface area is 117 Å². The molecule has 0 N–H and O–H groups in total. The molecular weight excluding hydrogens is 294 g/mol. The average molecular weight is 314 g/mol. The van der Waals surface area contributed by atoms with E-state index >= 15 is 0 Å². The SMILES string of the molecule is C[C@H]1COCCN1C=O.Cc1ccc(Br)cc1C. The van der Waals surface area contributed by atoms with Crippen LogP contribution < -0.4 is 0 Å². The minimum absolute atomic E-state index is 0.260. The van der Waals surface area contributed by atoms with E-state index in [1.54, 1.807) is 4.90 Å². The summed E-state index contributed by atoms with van der Waals surface area (Å²) in [6, 6.07) is 6.55. The van der Waals surface area contributed by atoms with Gasteiger partial charge in [0.1, 0.15) is 0 Å². The summed E-state index contributed by atoms with van der Waals surface area (Å²) in [7, 11) is 0. The monoisotopic (exact) mass is 313 g/mol. The van der Waals surface area contributed by atoms with E-state index in [1.807, 2.05) is 6.92 Å². The number of ether oxygens (including phenoxy) is 1. The number of hydrogen-bond acceptors (Lipinski definition) is 2. The lowest BCUT2D eigenvalue weighted by molar-refractivity contribution is -0.125. The van der Waals surface area contributed by atoms with Gasteiger partial charge in [0.15, 0.2) is 0 Å². The second kappa shape index (κ2) is 7.54. The van der Waals surface area contributed by atoms with Crippen molar-refractivity contribution in [2.75, 3.05) is 19.8 Å². The van der Waals surface area contributed by atoms with Crippen LogP contribution in [-0.2, 0) is 9.53 Å². The highest BCUT2D eigenvalue weighted by Gasteiger charge is 2.15. The Bertz CT molecular complexity index is 395. The summed E-state index contributed by atoms with van der Waals surface area (Å²) in [5, 5.41) is 0. The Morgan fingerprint density at radius 2 is 2.11 bits per heavy atom. The Morgan fingerprint density at radius 3 is 2.56 bits per heavy atom. The minimum Gasteiger partial charge on any atom is -0.377 e. The predicted octanol–water partition coefficient (Wildman–Crippen LogP) is 2.93. The molecular formula is C14H20BrNO2. The minimum atomic E-state index is 0.260. The van der Waals surface area contributed by atoms with Gasteiger partial charge in [0.05, 0.1) is 19.3 Å². The van der Waals surface area contributed by atoms with Gasteiger partial charge in [-0.15, -0.1) is 0 Å². The van der Waals surface area contributed by atoms with Crippen LogP contribution in [0.5, 0.6) is 0 Å². The van der Waals surface area contributed by atoms with Crippen LogP contribution in [0.25, 0.3) is 0 Å². The van der Waals surface area contributed by atoms with Crippen LogP contribution in [0.4, 0.5) is 0 Å². The summed E-state index contributed by atoms with van der Waals surface area (Å²) >= 11 is 3.40. The number of hydrogen-bond donors (Lipinski definition) is 0. The van der Waals surface area contributed by atoms with Crippen molar-refractivity contribution in [2.45, 2.75) is 26.8 Å². The molecule has 1 aliphatic heterocycles. The molecule has 2 rings (SSSR count). The molecule has 1 atom stereocenters. The van der Waals surface area contributed by atoms with Gasteiger partial charge in [0.2, 0.25) is 6.41 Å². The third-order valence-electron chi connectivity index (χ3n) is 3.02. The van der Waals surface area contributed by atoms with Crippen LogP contribution >= 0.6 is 15.9 Å². The van der Waals surface area contributed by atoms with Crippen molar-refractivity contribution in [3.63, 3.8) is 0 Å². The van der Waals surface area contributed by atoms with E-state index in [9.17, 15) is 4.79 Å². The highest BCUT2D eigenvalue weighted by Crippen LogP contribution is 2.14. The maximum Gasteiger partial charge on any atom is 0.210 e. The van der Waals surface area contributed by atoms with E-state index in [0.717, 1.165) is 17.4 Å². The van der Waals surface area contributed by atoms with E-state index in [1.165, 1.54) is 11.1 Å². The van der Waals surface area contributed by atoms with Gasteiger partial charge < -0.3 is 9.64 Å². The molecule has 1 saturated heterocycles. The maximum absolute atomic E-state index is 10.2. The summed E-state index contributed by atoms with van der Waals surface area (Å²) in [6.45, 7) is 8.31. The second-order valence-electron chi connectivity index (χ2n) is 4.50. The molecule has 0 aromatic heterocycles. The van der Waals surface area contributed by atoms with Crippen LogP contribution in [-0.4, -0.2) is 37.1 Å². The normalized spacial score (nSPS) is 18.9. The lowest BCUT2D eigenvalue weighted by atomic mass is 10.1. The van der Waals surface area contributed by atoms with Crippen LogP contribution in [0.15, 0.2) is 22.7 Å². The number of nitrogens with zero attached hydrogens (tertiary/aromatic N) is 1. The van der Waals surface area contributed by atoms with Gasteiger partial charge in [-0.25, -0.2) is 0 Å². The zero-order valence-electron chi connectivity index (χ0n) is 11.1. The van der Waals surface area contributed by atoms with Gasteiger partial charge in [-0.1, -0.05) is 22.0 Å². The highest BCUT2D eigenvalue weighted by atomic mass is 79.9. The molecule has 3 nitrogen and oxygen atoms in total. The largest absolute Gasteiger partial charge is 0.377 e. The molecule has 1 aromatic carbocycles. The van der Waals surface area contributed by atoms with E-state index in [0.29, 0.717) is 13.2 Å². The zero-order valence-corrected chi connectivity index (χ0v) is 12.7. The molecule has 4 heteroatoms. The number of morpholine rings is 1. The van der Waals surface area contributed by atoms with Crippen LogP contribution in [0.3, 0.4) is 0 Å². The molecule has 1 aromatic rings. The number of carbonyl (C=O) groups excluding carboxylic acids is 1. The van der Waals surface area contributed by atoms with Gasteiger partial charge in [0.25, 0.3) is 0 Å². The average Bonchev–Trinajstić information content (AvgIpc) is 2.36. The molecule has 0 spiro atoms. The summed E-state index contributed by atoms with van der Waals surface area (Å²) in [5.41, 5.74) is 2.68. The van der Waals surface area contributed by atoms with Crippen molar-refractivity contribution < 1.29 is 9.53 Å². The number of aryl methyl sites for hydroxylation is 2. The number of benzene rings is 1. The Kier molecular flexibility index (Phi) is 6.36. The zero-order chi connectivity index (χ0) is 13.5. The fourth-order valence-corrected chi connectivity index (χ4v) is 2.08. The third-order valence-corrected chi connectivity index (χ3v) is 3.52.